The van der Waals surface area contributed by atoms with E-state index in [4.69, 9.17) is 20.9 Å². The molecule has 0 N–H and O–H groups in total. The number of halogens is 1. The minimum atomic E-state index is -0.105. The Balaban J connectivity index is 1.88. The van der Waals surface area contributed by atoms with Gasteiger partial charge < -0.3 is 14.2 Å². The predicted octanol–water partition coefficient (Wildman–Crippen LogP) is 3.11. The van der Waals surface area contributed by atoms with Gasteiger partial charge in [0.2, 0.25) is 0 Å². The number of ether oxygens (including phenoxy) is 1. The van der Waals surface area contributed by atoms with Crippen molar-refractivity contribution in [1.29, 1.82) is 0 Å². The molecule has 122 valence electrons. The molecule has 8 heteroatoms. The van der Waals surface area contributed by atoms with E-state index in [1.807, 2.05) is 24.5 Å². The Morgan fingerprint density at radius 2 is 2.35 bits per heavy atom. The van der Waals surface area contributed by atoms with E-state index in [0.717, 1.165) is 17.3 Å². The van der Waals surface area contributed by atoms with E-state index in [9.17, 15) is 0 Å². The molecule has 1 atom stereocenters. The minimum absolute atomic E-state index is 0.105. The zero-order valence-corrected chi connectivity index (χ0v) is 14.5. The lowest BCUT2D eigenvalue weighted by atomic mass is 10.2. The van der Waals surface area contributed by atoms with Crippen LogP contribution in [0.15, 0.2) is 33.8 Å². The summed E-state index contributed by atoms with van der Waals surface area (Å²) in [5.74, 6) is 1.04. The molecule has 1 saturated heterocycles. The van der Waals surface area contributed by atoms with Crippen LogP contribution < -0.4 is 0 Å². The maximum absolute atomic E-state index is 6.02. The number of thioether (sulfide) groups is 1. The average molecular weight is 353 g/mol. The van der Waals surface area contributed by atoms with Crippen molar-refractivity contribution in [3.63, 3.8) is 0 Å². The molecule has 3 rings (SSSR count). The highest BCUT2D eigenvalue weighted by molar-refractivity contribution is 8.13. The summed E-state index contributed by atoms with van der Waals surface area (Å²) in [6.45, 7) is 1.92. The Bertz CT molecular complexity index is 706. The zero-order valence-electron chi connectivity index (χ0n) is 12.9. The number of hydrogen-bond acceptors (Lipinski definition) is 6. The van der Waals surface area contributed by atoms with Gasteiger partial charge in [-0.3, -0.25) is 4.99 Å². The monoisotopic (exact) mass is 352 g/mol. The molecule has 0 aliphatic carbocycles. The molecule has 1 fully saturated rings. The van der Waals surface area contributed by atoms with E-state index in [1.165, 1.54) is 0 Å². The largest absolute Gasteiger partial charge is 0.377 e. The van der Waals surface area contributed by atoms with Crippen molar-refractivity contribution < 1.29 is 9.26 Å². The Hall–Kier alpha value is -1.57. The summed E-state index contributed by atoms with van der Waals surface area (Å²) in [4.78, 5) is 11.0. The molecule has 1 unspecified atom stereocenters. The predicted molar refractivity (Wildman–Crippen MR) is 91.9 cm³/mol. The highest BCUT2D eigenvalue weighted by Gasteiger charge is 2.31. The van der Waals surface area contributed by atoms with Gasteiger partial charge in [-0.1, -0.05) is 34.6 Å². The van der Waals surface area contributed by atoms with Gasteiger partial charge in [0.05, 0.1) is 13.2 Å². The number of nitrogens with zero attached hydrogens (tertiary/aromatic N) is 4. The van der Waals surface area contributed by atoms with Crippen LogP contribution in [0.1, 0.15) is 11.9 Å². The maximum atomic E-state index is 6.02. The number of aliphatic imine (C=N–C) groups is 1. The molecule has 0 amide bonds. The number of rotatable bonds is 2. The zero-order chi connectivity index (χ0) is 16.2. The third-order valence-corrected chi connectivity index (χ3v) is 4.58. The Kier molecular flexibility index (Phi) is 5.20. The lowest BCUT2D eigenvalue weighted by molar-refractivity contribution is 0.0233. The summed E-state index contributed by atoms with van der Waals surface area (Å²) >= 11 is 7.61. The Morgan fingerprint density at radius 3 is 3.09 bits per heavy atom. The van der Waals surface area contributed by atoms with Crippen molar-refractivity contribution in [2.24, 2.45) is 4.99 Å². The van der Waals surface area contributed by atoms with Gasteiger partial charge in [-0.05, 0) is 24.5 Å². The second-order valence-electron chi connectivity index (χ2n) is 4.96. The fraction of sp³-hybridized carbons (Fsp3) is 0.400. The molecule has 0 saturated carbocycles. The van der Waals surface area contributed by atoms with Gasteiger partial charge in [-0.15, -0.1) is 0 Å². The van der Waals surface area contributed by atoms with Crippen LogP contribution in [0.25, 0.3) is 11.5 Å². The molecule has 2 heterocycles. The molecule has 0 radical (unpaired) electrons. The second kappa shape index (κ2) is 7.33. The van der Waals surface area contributed by atoms with Crippen molar-refractivity contribution in [3.8, 4) is 11.5 Å². The quantitative estimate of drug-likeness (QED) is 0.611. The summed E-state index contributed by atoms with van der Waals surface area (Å²) in [6, 6.07) is 7.24. The van der Waals surface area contributed by atoms with Crippen molar-refractivity contribution in [2.75, 3.05) is 33.1 Å². The highest BCUT2D eigenvalue weighted by atomic mass is 35.5. The van der Waals surface area contributed by atoms with E-state index < -0.39 is 0 Å². The van der Waals surface area contributed by atoms with Crippen molar-refractivity contribution in [2.45, 2.75) is 6.04 Å². The Morgan fingerprint density at radius 1 is 1.48 bits per heavy atom. The summed E-state index contributed by atoms with van der Waals surface area (Å²) < 4.78 is 11.0. The van der Waals surface area contributed by atoms with Gasteiger partial charge in [0, 0.05) is 24.2 Å². The second-order valence-corrected chi connectivity index (χ2v) is 6.17. The molecule has 1 aliphatic heterocycles. The number of benzene rings is 1. The minimum Gasteiger partial charge on any atom is -0.377 e. The van der Waals surface area contributed by atoms with Crippen LogP contribution >= 0.6 is 23.4 Å². The number of morpholine rings is 1. The first-order chi connectivity index (χ1) is 11.2. The number of amidine groups is 1. The molecule has 1 aromatic carbocycles. The van der Waals surface area contributed by atoms with E-state index >= 15 is 0 Å². The standard InChI is InChI=1S/C15H17ClN4O2S/c1-17-15(23-2)20-6-7-21-9-12(20)13-18-14(22-19-13)10-4-3-5-11(16)8-10/h3-5,8,12H,6-7,9H2,1-2H3. The third-order valence-electron chi connectivity index (χ3n) is 3.56. The first-order valence-electron chi connectivity index (χ1n) is 7.17. The maximum Gasteiger partial charge on any atom is 0.258 e. The highest BCUT2D eigenvalue weighted by Crippen LogP contribution is 2.28. The molecular weight excluding hydrogens is 336 g/mol. The molecular formula is C15H17ClN4O2S. The summed E-state index contributed by atoms with van der Waals surface area (Å²) in [6.07, 6.45) is 2.00. The summed E-state index contributed by atoms with van der Waals surface area (Å²) in [5.41, 5.74) is 0.800. The fourth-order valence-corrected chi connectivity index (χ4v) is 3.32. The molecule has 1 aliphatic rings. The fourth-order valence-electron chi connectivity index (χ4n) is 2.49. The number of aromatic nitrogens is 2. The van der Waals surface area contributed by atoms with Crippen LogP contribution in [0.3, 0.4) is 0 Å². The van der Waals surface area contributed by atoms with E-state index in [1.54, 1.807) is 24.9 Å². The van der Waals surface area contributed by atoms with Crippen LogP contribution in [0.2, 0.25) is 5.02 Å². The smallest absolute Gasteiger partial charge is 0.258 e. The van der Waals surface area contributed by atoms with Gasteiger partial charge in [-0.2, -0.15) is 4.98 Å². The normalized spacial score (nSPS) is 19.2. The van der Waals surface area contributed by atoms with Crippen LogP contribution in [0, 0.1) is 0 Å². The van der Waals surface area contributed by atoms with Crippen LogP contribution in [-0.4, -0.2) is 53.3 Å². The van der Waals surface area contributed by atoms with Crippen LogP contribution in [0.4, 0.5) is 0 Å². The first-order valence-corrected chi connectivity index (χ1v) is 8.78. The van der Waals surface area contributed by atoms with Crippen LogP contribution in [-0.2, 0) is 4.74 Å². The summed E-state index contributed by atoms with van der Waals surface area (Å²) in [5, 5.41) is 5.70. The molecule has 0 bridgehead atoms. The third kappa shape index (κ3) is 3.52. The molecule has 23 heavy (non-hydrogen) atoms. The SMILES string of the molecule is CN=C(SC)N1CCOCC1c1noc(-c2cccc(Cl)c2)n1. The van der Waals surface area contributed by atoms with E-state index in [2.05, 4.69) is 20.0 Å². The van der Waals surface area contributed by atoms with E-state index in [-0.39, 0.29) is 6.04 Å². The molecule has 6 nitrogen and oxygen atoms in total. The van der Waals surface area contributed by atoms with Gasteiger partial charge in [0.1, 0.15) is 6.04 Å². The molecule has 1 aromatic heterocycles. The average Bonchev–Trinajstić information content (AvgIpc) is 3.06. The lowest BCUT2D eigenvalue weighted by Crippen LogP contribution is -2.42. The van der Waals surface area contributed by atoms with Gasteiger partial charge in [0.25, 0.3) is 5.89 Å². The van der Waals surface area contributed by atoms with E-state index in [0.29, 0.717) is 30.0 Å². The van der Waals surface area contributed by atoms with Crippen molar-refractivity contribution >= 4 is 28.5 Å². The first kappa shape index (κ1) is 16.3. The molecule has 0 spiro atoms. The number of hydrogen-bond donors (Lipinski definition) is 0. The topological polar surface area (TPSA) is 63.8 Å². The Labute approximate surface area is 143 Å². The van der Waals surface area contributed by atoms with Gasteiger partial charge in [-0.25, -0.2) is 0 Å². The molecule has 2 aromatic rings. The van der Waals surface area contributed by atoms with Crippen LogP contribution in [0.5, 0.6) is 0 Å². The van der Waals surface area contributed by atoms with Crippen molar-refractivity contribution in [1.82, 2.24) is 15.0 Å². The van der Waals surface area contributed by atoms with Gasteiger partial charge >= 0.3 is 0 Å². The van der Waals surface area contributed by atoms with Crippen molar-refractivity contribution in [3.05, 3.63) is 35.1 Å². The van der Waals surface area contributed by atoms with Gasteiger partial charge in [0.15, 0.2) is 11.0 Å². The summed E-state index contributed by atoms with van der Waals surface area (Å²) in [7, 11) is 1.78. The lowest BCUT2D eigenvalue weighted by Gasteiger charge is -2.35.